The van der Waals surface area contributed by atoms with E-state index >= 15 is 0 Å². The molecule has 1 fully saturated rings. The number of hydrogen-bond donors (Lipinski definition) is 0. The molecular formula is C9H15F3O. The molecule has 0 radical (unpaired) electrons. The van der Waals surface area contributed by atoms with Gasteiger partial charge in [0, 0.05) is 0 Å². The van der Waals surface area contributed by atoms with Gasteiger partial charge in [0.25, 0.3) is 0 Å². The minimum absolute atomic E-state index is 0.176. The zero-order valence-corrected chi connectivity index (χ0v) is 7.73. The molecule has 0 aromatic heterocycles. The minimum Gasteiger partial charge on any atom is -0.369 e. The van der Waals surface area contributed by atoms with Crippen LogP contribution in [0.2, 0.25) is 0 Å². The van der Waals surface area contributed by atoms with Crippen LogP contribution in [0, 0.1) is 5.92 Å². The van der Waals surface area contributed by atoms with Crippen molar-refractivity contribution in [3.8, 4) is 0 Å². The quantitative estimate of drug-likeness (QED) is 0.659. The Kier molecular flexibility index (Phi) is 3.59. The fraction of sp³-hybridized carbons (Fsp3) is 1.00. The van der Waals surface area contributed by atoms with Gasteiger partial charge in [-0.2, -0.15) is 13.2 Å². The zero-order chi connectivity index (χ0) is 9.90. The highest BCUT2D eigenvalue weighted by atomic mass is 19.4. The molecule has 1 nitrogen and oxygen atoms in total. The van der Waals surface area contributed by atoms with Crippen molar-refractivity contribution in [3.63, 3.8) is 0 Å². The Morgan fingerprint density at radius 3 is 2.54 bits per heavy atom. The zero-order valence-electron chi connectivity index (χ0n) is 7.73. The molecule has 1 saturated carbocycles. The largest absolute Gasteiger partial charge is 0.411 e. The van der Waals surface area contributed by atoms with Crippen molar-refractivity contribution in [2.45, 2.75) is 44.9 Å². The molecule has 0 aromatic carbocycles. The van der Waals surface area contributed by atoms with E-state index in [4.69, 9.17) is 4.74 Å². The van der Waals surface area contributed by atoms with Crippen LogP contribution in [0.25, 0.3) is 0 Å². The molecule has 0 aromatic rings. The third-order valence-electron chi connectivity index (χ3n) is 2.37. The van der Waals surface area contributed by atoms with E-state index in [1.165, 1.54) is 0 Å². The molecule has 0 N–H and O–H groups in total. The standard InChI is InChI=1S/C9H15F3O/c1-7-3-2-4-8(5-7)13-6-9(10,11)12/h7-8H,2-6H2,1H3. The van der Waals surface area contributed by atoms with Crippen LogP contribution in [0.4, 0.5) is 13.2 Å². The van der Waals surface area contributed by atoms with Crippen LogP contribution in [0.15, 0.2) is 0 Å². The highest BCUT2D eigenvalue weighted by Gasteiger charge is 2.30. The van der Waals surface area contributed by atoms with Crippen LogP contribution in [-0.2, 0) is 4.74 Å². The van der Waals surface area contributed by atoms with E-state index in [2.05, 4.69) is 6.92 Å². The molecule has 0 aliphatic heterocycles. The summed E-state index contributed by atoms with van der Waals surface area (Å²) < 4.78 is 40.1. The fourth-order valence-electron chi connectivity index (χ4n) is 1.74. The molecule has 0 heterocycles. The maximum Gasteiger partial charge on any atom is 0.411 e. The SMILES string of the molecule is CC1CCCC(OCC(F)(F)F)C1. The van der Waals surface area contributed by atoms with Gasteiger partial charge in [-0.1, -0.05) is 19.8 Å². The first kappa shape index (κ1) is 10.8. The lowest BCUT2D eigenvalue weighted by atomic mass is 9.89. The smallest absolute Gasteiger partial charge is 0.369 e. The second-order valence-corrected chi connectivity index (χ2v) is 3.82. The van der Waals surface area contributed by atoms with Gasteiger partial charge in [-0.3, -0.25) is 0 Å². The summed E-state index contributed by atoms with van der Waals surface area (Å²) in [5.74, 6) is 0.506. The summed E-state index contributed by atoms with van der Waals surface area (Å²) in [5.41, 5.74) is 0. The van der Waals surface area contributed by atoms with Gasteiger partial charge in [-0.15, -0.1) is 0 Å². The topological polar surface area (TPSA) is 9.23 Å². The minimum atomic E-state index is -4.18. The summed E-state index contributed by atoms with van der Waals surface area (Å²) in [7, 11) is 0. The third kappa shape index (κ3) is 4.50. The summed E-state index contributed by atoms with van der Waals surface area (Å²) in [6.07, 6.45) is -0.697. The molecule has 0 saturated heterocycles. The Labute approximate surface area is 76.3 Å². The molecule has 4 heteroatoms. The number of hydrogen-bond acceptors (Lipinski definition) is 1. The van der Waals surface area contributed by atoms with Crippen LogP contribution < -0.4 is 0 Å². The van der Waals surface area contributed by atoms with Crippen molar-refractivity contribution in [1.29, 1.82) is 0 Å². The van der Waals surface area contributed by atoms with Gasteiger partial charge < -0.3 is 4.74 Å². The van der Waals surface area contributed by atoms with E-state index in [1.54, 1.807) is 0 Å². The van der Waals surface area contributed by atoms with Crippen molar-refractivity contribution in [3.05, 3.63) is 0 Å². The average molecular weight is 196 g/mol. The van der Waals surface area contributed by atoms with Crippen molar-refractivity contribution in [2.24, 2.45) is 5.92 Å². The molecular weight excluding hydrogens is 181 g/mol. The van der Waals surface area contributed by atoms with Gasteiger partial charge in [0.1, 0.15) is 6.61 Å². The number of ether oxygens (including phenoxy) is 1. The number of rotatable bonds is 2. The molecule has 0 bridgehead atoms. The molecule has 78 valence electrons. The predicted octanol–water partition coefficient (Wildman–Crippen LogP) is 3.14. The summed E-state index contributed by atoms with van der Waals surface area (Å²) in [5, 5.41) is 0. The molecule has 13 heavy (non-hydrogen) atoms. The van der Waals surface area contributed by atoms with E-state index in [-0.39, 0.29) is 6.10 Å². The lowest BCUT2D eigenvalue weighted by Crippen LogP contribution is -2.27. The van der Waals surface area contributed by atoms with Gasteiger partial charge in [0.15, 0.2) is 0 Å². The summed E-state index contributed by atoms with van der Waals surface area (Å²) in [4.78, 5) is 0. The van der Waals surface area contributed by atoms with Gasteiger partial charge in [0.05, 0.1) is 6.10 Å². The third-order valence-corrected chi connectivity index (χ3v) is 2.37. The van der Waals surface area contributed by atoms with E-state index in [0.717, 1.165) is 25.7 Å². The van der Waals surface area contributed by atoms with Gasteiger partial charge >= 0.3 is 6.18 Å². The van der Waals surface area contributed by atoms with E-state index in [0.29, 0.717) is 5.92 Å². The average Bonchev–Trinajstić information content (AvgIpc) is 2.00. The molecule has 1 aliphatic carbocycles. The molecule has 0 spiro atoms. The van der Waals surface area contributed by atoms with Crippen molar-refractivity contribution in [1.82, 2.24) is 0 Å². The Balaban J connectivity index is 2.21. The van der Waals surface area contributed by atoms with Crippen LogP contribution in [0.1, 0.15) is 32.6 Å². The molecule has 1 aliphatic rings. The summed E-state index contributed by atoms with van der Waals surface area (Å²) >= 11 is 0. The lowest BCUT2D eigenvalue weighted by molar-refractivity contribution is -0.189. The Morgan fingerprint density at radius 1 is 1.31 bits per heavy atom. The predicted molar refractivity (Wildman–Crippen MR) is 43.4 cm³/mol. The Morgan fingerprint density at radius 2 is 2.00 bits per heavy atom. The first-order chi connectivity index (χ1) is 5.97. The van der Waals surface area contributed by atoms with Crippen LogP contribution in [-0.4, -0.2) is 18.9 Å². The van der Waals surface area contributed by atoms with Crippen LogP contribution in [0.5, 0.6) is 0 Å². The van der Waals surface area contributed by atoms with Crippen molar-refractivity contribution < 1.29 is 17.9 Å². The van der Waals surface area contributed by atoms with Gasteiger partial charge in [0.2, 0.25) is 0 Å². The van der Waals surface area contributed by atoms with E-state index < -0.39 is 12.8 Å². The molecule has 2 unspecified atom stereocenters. The van der Waals surface area contributed by atoms with Gasteiger partial charge in [-0.05, 0) is 18.8 Å². The van der Waals surface area contributed by atoms with Crippen LogP contribution >= 0.6 is 0 Å². The fourth-order valence-corrected chi connectivity index (χ4v) is 1.74. The number of alkyl halides is 3. The Bertz CT molecular complexity index is 155. The molecule has 1 rings (SSSR count). The van der Waals surface area contributed by atoms with Gasteiger partial charge in [-0.25, -0.2) is 0 Å². The molecule has 2 atom stereocenters. The molecule has 0 amide bonds. The normalized spacial score (nSPS) is 30.5. The summed E-state index contributed by atoms with van der Waals surface area (Å²) in [6, 6.07) is 0. The monoisotopic (exact) mass is 196 g/mol. The number of halogens is 3. The van der Waals surface area contributed by atoms with E-state index in [1.807, 2.05) is 0 Å². The lowest BCUT2D eigenvalue weighted by Gasteiger charge is -2.27. The maximum atomic E-state index is 11.8. The summed E-state index contributed by atoms with van der Waals surface area (Å²) in [6.45, 7) is 0.966. The van der Waals surface area contributed by atoms with Crippen molar-refractivity contribution in [2.75, 3.05) is 6.61 Å². The second-order valence-electron chi connectivity index (χ2n) is 3.82. The first-order valence-corrected chi connectivity index (χ1v) is 4.66. The maximum absolute atomic E-state index is 11.8. The first-order valence-electron chi connectivity index (χ1n) is 4.66. The van der Waals surface area contributed by atoms with E-state index in [9.17, 15) is 13.2 Å². The Hall–Kier alpha value is -0.250. The highest BCUT2D eigenvalue weighted by molar-refractivity contribution is 4.70. The van der Waals surface area contributed by atoms with Crippen LogP contribution in [0.3, 0.4) is 0 Å². The second kappa shape index (κ2) is 4.31. The van der Waals surface area contributed by atoms with Crippen molar-refractivity contribution >= 4 is 0 Å². The highest BCUT2D eigenvalue weighted by Crippen LogP contribution is 2.27.